The Morgan fingerprint density at radius 2 is 2.12 bits per heavy atom. The fourth-order valence-corrected chi connectivity index (χ4v) is 1.69. The second-order valence-corrected chi connectivity index (χ2v) is 3.55. The van der Waals surface area contributed by atoms with E-state index in [4.69, 9.17) is 19.7 Å². The topological polar surface area (TPSA) is 83.4 Å². The van der Waals surface area contributed by atoms with E-state index in [1.54, 1.807) is 0 Å². The van der Waals surface area contributed by atoms with Crippen LogP contribution in [0, 0.1) is 0 Å². The molecular weight excluding hydrogens is 222 g/mol. The molecule has 0 unspecified atom stereocenters. The van der Waals surface area contributed by atoms with Crippen molar-refractivity contribution < 1.29 is 14.0 Å². The number of aromatic nitrogens is 2. The summed E-state index contributed by atoms with van der Waals surface area (Å²) in [4.78, 5) is 4.17. The van der Waals surface area contributed by atoms with Gasteiger partial charge >= 0.3 is 0 Å². The first-order valence-electron chi connectivity index (χ1n) is 5.30. The van der Waals surface area contributed by atoms with E-state index >= 15 is 0 Å². The Bertz CT molecular complexity index is 539. The average Bonchev–Trinajstić information content (AvgIpc) is 2.87. The van der Waals surface area contributed by atoms with Crippen molar-refractivity contribution in [3.05, 3.63) is 24.0 Å². The first kappa shape index (κ1) is 10.1. The van der Waals surface area contributed by atoms with E-state index in [2.05, 4.69) is 10.1 Å². The lowest BCUT2D eigenvalue weighted by Gasteiger charge is -2.19. The van der Waals surface area contributed by atoms with Crippen molar-refractivity contribution in [2.45, 2.75) is 6.54 Å². The van der Waals surface area contributed by atoms with Crippen LogP contribution in [0.4, 0.5) is 0 Å². The highest BCUT2D eigenvalue weighted by atomic mass is 16.6. The molecule has 6 heteroatoms. The number of fused-ring (bicyclic) bond motifs is 1. The molecule has 0 radical (unpaired) electrons. The predicted molar refractivity (Wildman–Crippen MR) is 58.6 cm³/mol. The zero-order valence-corrected chi connectivity index (χ0v) is 9.05. The third-order valence-corrected chi connectivity index (χ3v) is 2.45. The van der Waals surface area contributed by atoms with Crippen LogP contribution in [-0.4, -0.2) is 23.4 Å². The molecule has 0 saturated heterocycles. The summed E-state index contributed by atoms with van der Waals surface area (Å²) in [5.41, 5.74) is 6.17. The van der Waals surface area contributed by atoms with Gasteiger partial charge in [-0.2, -0.15) is 4.98 Å². The van der Waals surface area contributed by atoms with Crippen LogP contribution >= 0.6 is 0 Å². The van der Waals surface area contributed by atoms with Gasteiger partial charge in [-0.3, -0.25) is 0 Å². The minimum absolute atomic E-state index is 0.246. The van der Waals surface area contributed by atoms with E-state index in [0.29, 0.717) is 36.4 Å². The normalized spacial score (nSPS) is 13.7. The summed E-state index contributed by atoms with van der Waals surface area (Å²) >= 11 is 0. The lowest BCUT2D eigenvalue weighted by molar-refractivity contribution is 0.172. The molecule has 1 aromatic carbocycles. The highest BCUT2D eigenvalue weighted by molar-refractivity contribution is 5.67. The Labute approximate surface area is 97.3 Å². The lowest BCUT2D eigenvalue weighted by atomic mass is 10.1. The third kappa shape index (κ3) is 1.72. The number of hydrogen-bond donors (Lipinski definition) is 1. The van der Waals surface area contributed by atoms with Gasteiger partial charge in [0.25, 0.3) is 5.89 Å². The van der Waals surface area contributed by atoms with Crippen LogP contribution in [0.1, 0.15) is 5.82 Å². The Morgan fingerprint density at radius 3 is 2.94 bits per heavy atom. The van der Waals surface area contributed by atoms with E-state index in [0.717, 1.165) is 5.56 Å². The van der Waals surface area contributed by atoms with E-state index in [1.165, 1.54) is 0 Å². The Morgan fingerprint density at radius 1 is 1.24 bits per heavy atom. The molecule has 17 heavy (non-hydrogen) atoms. The Hall–Kier alpha value is -2.08. The van der Waals surface area contributed by atoms with Crippen LogP contribution in [0.25, 0.3) is 11.5 Å². The average molecular weight is 233 g/mol. The number of nitrogens with two attached hydrogens (primary N) is 1. The predicted octanol–water partition coefficient (Wildman–Crippen LogP) is 0.966. The van der Waals surface area contributed by atoms with Crippen LogP contribution in [0.3, 0.4) is 0 Å². The highest BCUT2D eigenvalue weighted by Gasteiger charge is 2.20. The molecule has 1 aromatic heterocycles. The van der Waals surface area contributed by atoms with Gasteiger partial charge in [0.1, 0.15) is 13.2 Å². The second-order valence-electron chi connectivity index (χ2n) is 3.55. The first-order valence-corrected chi connectivity index (χ1v) is 5.30. The third-order valence-electron chi connectivity index (χ3n) is 2.45. The maximum Gasteiger partial charge on any atom is 0.261 e. The molecule has 88 valence electrons. The summed E-state index contributed by atoms with van der Waals surface area (Å²) in [7, 11) is 0. The van der Waals surface area contributed by atoms with E-state index in [9.17, 15) is 0 Å². The molecule has 1 aliphatic heterocycles. The molecular formula is C11H11N3O3. The van der Waals surface area contributed by atoms with Gasteiger partial charge in [0.15, 0.2) is 17.3 Å². The maximum atomic E-state index is 5.57. The fraction of sp³-hybridized carbons (Fsp3) is 0.273. The molecule has 0 amide bonds. The van der Waals surface area contributed by atoms with Crippen LogP contribution < -0.4 is 15.2 Å². The van der Waals surface area contributed by atoms with E-state index in [-0.39, 0.29) is 6.54 Å². The number of rotatable bonds is 2. The summed E-state index contributed by atoms with van der Waals surface area (Å²) < 4.78 is 16.2. The molecule has 0 saturated carbocycles. The van der Waals surface area contributed by atoms with Crippen molar-refractivity contribution in [2.24, 2.45) is 5.73 Å². The molecule has 2 heterocycles. The van der Waals surface area contributed by atoms with Gasteiger partial charge in [0, 0.05) is 0 Å². The number of para-hydroxylation sites is 1. The second kappa shape index (κ2) is 4.06. The zero-order chi connectivity index (χ0) is 11.7. The Kier molecular flexibility index (Phi) is 2.41. The van der Waals surface area contributed by atoms with Gasteiger partial charge in [-0.25, -0.2) is 0 Å². The quantitative estimate of drug-likeness (QED) is 0.832. The summed E-state index contributed by atoms with van der Waals surface area (Å²) in [5, 5.41) is 3.75. The van der Waals surface area contributed by atoms with Crippen LogP contribution in [0.5, 0.6) is 11.5 Å². The number of hydrogen-bond acceptors (Lipinski definition) is 6. The number of benzene rings is 1. The lowest BCUT2D eigenvalue weighted by Crippen LogP contribution is -2.15. The number of nitrogens with zero attached hydrogens (tertiary/aromatic N) is 2. The highest BCUT2D eigenvalue weighted by Crippen LogP contribution is 2.38. The molecule has 2 N–H and O–H groups in total. The number of ether oxygens (including phenoxy) is 2. The van der Waals surface area contributed by atoms with Crippen molar-refractivity contribution in [2.75, 3.05) is 13.2 Å². The first-order chi connectivity index (χ1) is 8.38. The van der Waals surface area contributed by atoms with Crippen LogP contribution in [0.15, 0.2) is 22.7 Å². The minimum Gasteiger partial charge on any atom is -0.486 e. The monoisotopic (exact) mass is 233 g/mol. The van der Waals surface area contributed by atoms with Gasteiger partial charge in [0.2, 0.25) is 0 Å². The van der Waals surface area contributed by atoms with E-state index in [1.807, 2.05) is 18.2 Å². The summed E-state index contributed by atoms with van der Waals surface area (Å²) in [6, 6.07) is 5.55. The minimum atomic E-state index is 0.246. The molecule has 2 aromatic rings. The molecule has 0 spiro atoms. The van der Waals surface area contributed by atoms with Crippen LogP contribution in [0.2, 0.25) is 0 Å². The van der Waals surface area contributed by atoms with Gasteiger partial charge in [-0.05, 0) is 12.1 Å². The molecule has 6 nitrogen and oxygen atoms in total. The van der Waals surface area contributed by atoms with Gasteiger partial charge in [-0.1, -0.05) is 11.2 Å². The maximum absolute atomic E-state index is 5.57. The molecule has 3 rings (SSSR count). The molecule has 0 bridgehead atoms. The SMILES string of the molecule is NCc1noc(-c2cccc3c2OCCO3)n1. The molecule has 0 aliphatic carbocycles. The van der Waals surface area contributed by atoms with E-state index < -0.39 is 0 Å². The van der Waals surface area contributed by atoms with Crippen molar-refractivity contribution in [1.82, 2.24) is 10.1 Å². The van der Waals surface area contributed by atoms with Gasteiger partial charge < -0.3 is 19.7 Å². The zero-order valence-electron chi connectivity index (χ0n) is 9.05. The van der Waals surface area contributed by atoms with Crippen LogP contribution in [-0.2, 0) is 6.54 Å². The van der Waals surface area contributed by atoms with Gasteiger partial charge in [-0.15, -0.1) is 0 Å². The van der Waals surface area contributed by atoms with Crippen molar-refractivity contribution in [3.63, 3.8) is 0 Å². The molecule has 0 fully saturated rings. The molecule has 1 aliphatic rings. The van der Waals surface area contributed by atoms with Gasteiger partial charge in [0.05, 0.1) is 12.1 Å². The summed E-state index contributed by atoms with van der Waals surface area (Å²) in [6.45, 7) is 1.31. The largest absolute Gasteiger partial charge is 0.486 e. The van der Waals surface area contributed by atoms with Crippen molar-refractivity contribution >= 4 is 0 Å². The molecule has 0 atom stereocenters. The standard InChI is InChI=1S/C11H11N3O3/c12-6-9-13-11(17-14-9)7-2-1-3-8-10(7)16-5-4-15-8/h1-3H,4-6,12H2. The Balaban J connectivity index is 2.07. The smallest absolute Gasteiger partial charge is 0.261 e. The fourth-order valence-electron chi connectivity index (χ4n) is 1.69. The summed E-state index contributed by atoms with van der Waals surface area (Å²) in [5.74, 6) is 2.20. The van der Waals surface area contributed by atoms with Crippen molar-refractivity contribution in [3.8, 4) is 23.0 Å². The van der Waals surface area contributed by atoms with Crippen molar-refractivity contribution in [1.29, 1.82) is 0 Å². The summed E-state index contributed by atoms with van der Waals surface area (Å²) in [6.07, 6.45) is 0.